The van der Waals surface area contributed by atoms with E-state index < -0.39 is 12.0 Å². The van der Waals surface area contributed by atoms with Gasteiger partial charge in [-0.05, 0) is 6.42 Å². The minimum absolute atomic E-state index is 0.324. The molecule has 1 atom stereocenters. The lowest BCUT2D eigenvalue weighted by atomic mass is 10.2. The number of carboxylic acid groups (broad SMARTS) is 1. The Morgan fingerprint density at radius 3 is 2.56 bits per heavy atom. The Morgan fingerprint density at radius 1 is 1.89 bits per heavy atom. The summed E-state index contributed by atoms with van der Waals surface area (Å²) in [6.07, 6.45) is 1.52. The monoisotopic (exact) mass is 129 g/mol. The van der Waals surface area contributed by atoms with E-state index >= 15 is 0 Å². The van der Waals surface area contributed by atoms with Gasteiger partial charge >= 0.3 is 5.97 Å². The first-order valence-corrected chi connectivity index (χ1v) is 2.52. The number of hydrogen-bond donors (Lipinski definition) is 1. The van der Waals surface area contributed by atoms with Crippen LogP contribution in [-0.2, 0) is 9.59 Å². The van der Waals surface area contributed by atoms with E-state index in [-0.39, 0.29) is 0 Å². The summed E-state index contributed by atoms with van der Waals surface area (Å²) in [7, 11) is 0. The van der Waals surface area contributed by atoms with Crippen molar-refractivity contribution in [1.82, 2.24) is 0 Å². The standard InChI is InChI=1S/C5H7NO3/c1-2-4(5(8)9)6-3-7/h4H,2H2,1H3,(H,8,9). The van der Waals surface area contributed by atoms with Crippen molar-refractivity contribution in [3.8, 4) is 0 Å². The van der Waals surface area contributed by atoms with Crippen molar-refractivity contribution in [1.29, 1.82) is 0 Å². The third-order valence-corrected chi connectivity index (χ3v) is 0.880. The van der Waals surface area contributed by atoms with Crippen molar-refractivity contribution in [2.75, 3.05) is 0 Å². The van der Waals surface area contributed by atoms with Crippen LogP contribution in [0.1, 0.15) is 13.3 Å². The number of aliphatic carboxylic acids is 1. The number of aliphatic imine (C=N–C) groups is 1. The van der Waals surface area contributed by atoms with Crippen LogP contribution in [0.5, 0.6) is 0 Å². The molecular weight excluding hydrogens is 122 g/mol. The number of rotatable bonds is 3. The predicted octanol–water partition coefficient (Wildman–Crippen LogP) is 0.185. The molecular formula is C5H7NO3. The molecule has 0 heterocycles. The molecule has 0 spiro atoms. The van der Waals surface area contributed by atoms with Gasteiger partial charge in [0.25, 0.3) is 0 Å². The lowest BCUT2D eigenvalue weighted by Gasteiger charge is -1.96. The molecule has 50 valence electrons. The van der Waals surface area contributed by atoms with Crippen LogP contribution < -0.4 is 0 Å². The maximum absolute atomic E-state index is 10.0. The van der Waals surface area contributed by atoms with Gasteiger partial charge in [-0.15, -0.1) is 0 Å². The zero-order valence-electron chi connectivity index (χ0n) is 5.00. The van der Waals surface area contributed by atoms with E-state index in [1.807, 2.05) is 0 Å². The summed E-state index contributed by atoms with van der Waals surface area (Å²) >= 11 is 0. The Balaban J connectivity index is 3.98. The first kappa shape index (κ1) is 7.85. The highest BCUT2D eigenvalue weighted by atomic mass is 16.4. The Bertz CT molecular complexity index is 146. The van der Waals surface area contributed by atoms with Gasteiger partial charge in [0, 0.05) is 0 Å². The molecule has 0 aromatic heterocycles. The molecule has 1 N–H and O–H groups in total. The summed E-state index contributed by atoms with van der Waals surface area (Å²) in [5.74, 6) is -1.08. The van der Waals surface area contributed by atoms with Gasteiger partial charge in [0.05, 0.1) is 0 Å². The highest BCUT2D eigenvalue weighted by molar-refractivity contribution is 5.74. The molecule has 4 heteroatoms. The second-order valence-electron chi connectivity index (χ2n) is 1.48. The lowest BCUT2D eigenvalue weighted by molar-refractivity contribution is -0.138. The molecule has 0 aromatic rings. The molecule has 0 rings (SSSR count). The van der Waals surface area contributed by atoms with Crippen molar-refractivity contribution in [3.05, 3.63) is 0 Å². The Kier molecular flexibility index (Phi) is 3.32. The SMILES string of the molecule is CCC(N=C=O)C(=O)O. The molecule has 0 saturated heterocycles. The molecule has 0 aliphatic carbocycles. The number of carboxylic acids is 1. The summed E-state index contributed by atoms with van der Waals surface area (Å²) < 4.78 is 0. The van der Waals surface area contributed by atoms with Crippen LogP contribution >= 0.6 is 0 Å². The first-order chi connectivity index (χ1) is 4.22. The highest BCUT2D eigenvalue weighted by Gasteiger charge is 2.11. The fourth-order valence-electron chi connectivity index (χ4n) is 0.385. The van der Waals surface area contributed by atoms with Crippen molar-refractivity contribution in [2.24, 2.45) is 4.99 Å². The second-order valence-corrected chi connectivity index (χ2v) is 1.48. The molecule has 1 unspecified atom stereocenters. The van der Waals surface area contributed by atoms with Crippen molar-refractivity contribution in [3.63, 3.8) is 0 Å². The minimum Gasteiger partial charge on any atom is -0.480 e. The van der Waals surface area contributed by atoms with E-state index in [1.165, 1.54) is 6.08 Å². The van der Waals surface area contributed by atoms with Gasteiger partial charge in [0.2, 0.25) is 6.08 Å². The Labute approximate surface area is 52.2 Å². The Hall–Kier alpha value is -1.15. The average Bonchev–Trinajstić information content (AvgIpc) is 1.82. The zero-order chi connectivity index (χ0) is 7.28. The van der Waals surface area contributed by atoms with Crippen LogP contribution in [0.4, 0.5) is 0 Å². The molecule has 0 aliphatic heterocycles. The molecule has 9 heavy (non-hydrogen) atoms. The van der Waals surface area contributed by atoms with E-state index in [1.54, 1.807) is 6.92 Å². The second kappa shape index (κ2) is 3.80. The molecule has 0 aromatic carbocycles. The Morgan fingerprint density at radius 2 is 2.44 bits per heavy atom. The van der Waals surface area contributed by atoms with Crippen LogP contribution in [0, 0.1) is 0 Å². The fourth-order valence-corrected chi connectivity index (χ4v) is 0.385. The number of hydrogen-bond acceptors (Lipinski definition) is 3. The zero-order valence-corrected chi connectivity index (χ0v) is 5.00. The van der Waals surface area contributed by atoms with Crippen molar-refractivity contribution in [2.45, 2.75) is 19.4 Å². The maximum atomic E-state index is 10.0. The number of carbonyl (C=O) groups is 1. The molecule has 0 fully saturated rings. The number of isocyanates is 1. The van der Waals surface area contributed by atoms with Gasteiger partial charge in [-0.3, -0.25) is 0 Å². The van der Waals surface area contributed by atoms with E-state index in [0.29, 0.717) is 6.42 Å². The van der Waals surface area contributed by atoms with Crippen LogP contribution in [0.15, 0.2) is 4.99 Å². The topological polar surface area (TPSA) is 66.7 Å². The molecule has 0 bridgehead atoms. The third kappa shape index (κ3) is 2.61. The van der Waals surface area contributed by atoms with Crippen molar-refractivity contribution < 1.29 is 14.7 Å². The first-order valence-electron chi connectivity index (χ1n) is 2.52. The van der Waals surface area contributed by atoms with E-state index in [2.05, 4.69) is 4.99 Å². The predicted molar refractivity (Wildman–Crippen MR) is 29.8 cm³/mol. The van der Waals surface area contributed by atoms with Crippen LogP contribution in [0.2, 0.25) is 0 Å². The summed E-state index contributed by atoms with van der Waals surface area (Å²) in [6.45, 7) is 1.64. The molecule has 0 amide bonds. The number of nitrogens with zero attached hydrogens (tertiary/aromatic N) is 1. The summed E-state index contributed by atoms with van der Waals surface area (Å²) in [5.41, 5.74) is 0. The smallest absolute Gasteiger partial charge is 0.329 e. The van der Waals surface area contributed by atoms with Gasteiger partial charge < -0.3 is 5.11 Å². The summed E-state index contributed by atoms with van der Waals surface area (Å²) in [6, 6.07) is -0.914. The van der Waals surface area contributed by atoms with E-state index in [0.717, 1.165) is 0 Å². The quantitative estimate of drug-likeness (QED) is 0.436. The highest BCUT2D eigenvalue weighted by Crippen LogP contribution is 1.94. The van der Waals surface area contributed by atoms with Gasteiger partial charge in [0.1, 0.15) is 0 Å². The molecule has 0 radical (unpaired) electrons. The summed E-state index contributed by atoms with van der Waals surface area (Å²) in [4.78, 5) is 22.6. The van der Waals surface area contributed by atoms with Gasteiger partial charge in [0.15, 0.2) is 6.04 Å². The van der Waals surface area contributed by atoms with Crippen molar-refractivity contribution >= 4 is 12.0 Å². The fraction of sp³-hybridized carbons (Fsp3) is 0.600. The summed E-state index contributed by atoms with van der Waals surface area (Å²) in [5, 5.41) is 8.23. The maximum Gasteiger partial charge on any atom is 0.329 e. The molecule has 0 aliphatic rings. The normalized spacial score (nSPS) is 11.7. The van der Waals surface area contributed by atoms with Gasteiger partial charge in [-0.2, -0.15) is 4.99 Å². The largest absolute Gasteiger partial charge is 0.480 e. The number of carbonyl (C=O) groups excluding carboxylic acids is 1. The van der Waals surface area contributed by atoms with E-state index in [9.17, 15) is 9.59 Å². The van der Waals surface area contributed by atoms with Crippen LogP contribution in [0.25, 0.3) is 0 Å². The van der Waals surface area contributed by atoms with Crippen LogP contribution in [0.3, 0.4) is 0 Å². The van der Waals surface area contributed by atoms with Crippen LogP contribution in [-0.4, -0.2) is 23.2 Å². The minimum atomic E-state index is -1.08. The van der Waals surface area contributed by atoms with E-state index in [4.69, 9.17) is 5.11 Å². The molecule has 4 nitrogen and oxygen atoms in total. The van der Waals surface area contributed by atoms with Gasteiger partial charge in [-0.1, -0.05) is 6.92 Å². The third-order valence-electron chi connectivity index (χ3n) is 0.880. The molecule has 0 saturated carbocycles. The van der Waals surface area contributed by atoms with Gasteiger partial charge in [-0.25, -0.2) is 9.59 Å². The average molecular weight is 129 g/mol. The lowest BCUT2D eigenvalue weighted by Crippen LogP contribution is -2.15.